The Morgan fingerprint density at radius 3 is 1.90 bits per heavy atom. The topological polar surface area (TPSA) is 17.1 Å². The molecule has 0 amide bonds. The number of thioether (sulfide) groups is 3. The van der Waals surface area contributed by atoms with Crippen molar-refractivity contribution in [1.29, 1.82) is 0 Å². The van der Waals surface area contributed by atoms with Crippen LogP contribution in [0, 0.1) is 0 Å². The van der Waals surface area contributed by atoms with Gasteiger partial charge in [-0.25, -0.2) is 0 Å². The Labute approximate surface area is 139 Å². The molecule has 2 unspecified atom stereocenters. The SMILES string of the molecule is CC1SCSC(P(=O)(c2ccccc2)c2ccccc2)S1. The molecule has 0 bridgehead atoms. The van der Waals surface area contributed by atoms with E-state index in [1.807, 2.05) is 95.9 Å². The van der Waals surface area contributed by atoms with Crippen LogP contribution in [0.2, 0.25) is 0 Å². The van der Waals surface area contributed by atoms with Gasteiger partial charge in [-0.2, -0.15) is 0 Å². The van der Waals surface area contributed by atoms with E-state index in [4.69, 9.17) is 0 Å². The second kappa shape index (κ2) is 6.87. The van der Waals surface area contributed by atoms with Crippen molar-refractivity contribution >= 4 is 53.0 Å². The second-order valence-electron chi connectivity index (χ2n) is 4.79. The molecule has 2 atom stereocenters. The molecule has 0 spiro atoms. The summed E-state index contributed by atoms with van der Waals surface area (Å²) in [4.78, 5) is 0. The first-order valence-electron chi connectivity index (χ1n) is 6.81. The van der Waals surface area contributed by atoms with Gasteiger partial charge in [0.05, 0.1) is 0 Å². The van der Waals surface area contributed by atoms with Crippen molar-refractivity contribution in [3.63, 3.8) is 0 Å². The quantitative estimate of drug-likeness (QED) is 0.738. The van der Waals surface area contributed by atoms with E-state index in [0.29, 0.717) is 4.58 Å². The zero-order chi connectivity index (χ0) is 14.7. The van der Waals surface area contributed by atoms with Crippen LogP contribution in [0.3, 0.4) is 0 Å². The van der Waals surface area contributed by atoms with Crippen LogP contribution in [0.25, 0.3) is 0 Å². The monoisotopic (exact) mass is 352 g/mol. The second-order valence-corrected chi connectivity index (χ2v) is 13.2. The molecule has 0 aromatic heterocycles. The molecule has 3 rings (SSSR count). The van der Waals surface area contributed by atoms with Crippen LogP contribution in [0.5, 0.6) is 0 Å². The van der Waals surface area contributed by atoms with Crippen molar-refractivity contribution in [3.8, 4) is 0 Å². The van der Waals surface area contributed by atoms with Crippen molar-refractivity contribution in [2.75, 3.05) is 5.08 Å². The van der Waals surface area contributed by atoms with Crippen LogP contribution < -0.4 is 10.6 Å². The smallest absolute Gasteiger partial charge is 0.165 e. The summed E-state index contributed by atoms with van der Waals surface area (Å²) in [6, 6.07) is 20.0. The Kier molecular flexibility index (Phi) is 5.11. The maximum Gasteiger partial charge on any atom is 0.165 e. The zero-order valence-electron chi connectivity index (χ0n) is 11.7. The molecule has 1 aliphatic rings. The van der Waals surface area contributed by atoms with Gasteiger partial charge < -0.3 is 4.57 Å². The highest BCUT2D eigenvalue weighted by Gasteiger charge is 2.40. The summed E-state index contributed by atoms with van der Waals surface area (Å²) < 4.78 is 14.7. The van der Waals surface area contributed by atoms with Crippen molar-refractivity contribution in [1.82, 2.24) is 0 Å². The molecule has 1 fully saturated rings. The van der Waals surface area contributed by atoms with Crippen LogP contribution in [-0.2, 0) is 4.57 Å². The molecule has 21 heavy (non-hydrogen) atoms. The van der Waals surface area contributed by atoms with Crippen molar-refractivity contribution in [2.45, 2.75) is 15.8 Å². The lowest BCUT2D eigenvalue weighted by atomic mass is 10.4. The van der Waals surface area contributed by atoms with Crippen molar-refractivity contribution < 1.29 is 4.57 Å². The van der Waals surface area contributed by atoms with E-state index in [-0.39, 0.29) is 4.32 Å². The van der Waals surface area contributed by atoms with Gasteiger partial charge in [0.15, 0.2) is 7.14 Å². The van der Waals surface area contributed by atoms with Gasteiger partial charge >= 0.3 is 0 Å². The van der Waals surface area contributed by atoms with Gasteiger partial charge in [-0.1, -0.05) is 60.7 Å². The van der Waals surface area contributed by atoms with E-state index >= 15 is 0 Å². The Hall–Kier alpha value is -0.280. The highest BCUT2D eigenvalue weighted by Crippen LogP contribution is 2.62. The Morgan fingerprint density at radius 2 is 1.43 bits per heavy atom. The van der Waals surface area contributed by atoms with E-state index in [1.54, 1.807) is 0 Å². The van der Waals surface area contributed by atoms with Gasteiger partial charge in [-0.15, -0.1) is 35.3 Å². The largest absolute Gasteiger partial charge is 0.312 e. The third-order valence-corrected chi connectivity index (χ3v) is 12.7. The van der Waals surface area contributed by atoms with Crippen LogP contribution in [0.4, 0.5) is 0 Å². The van der Waals surface area contributed by atoms with E-state index in [2.05, 4.69) is 6.92 Å². The molecule has 0 aliphatic carbocycles. The van der Waals surface area contributed by atoms with Crippen LogP contribution in [0.15, 0.2) is 60.7 Å². The van der Waals surface area contributed by atoms with Crippen molar-refractivity contribution in [3.05, 3.63) is 60.7 Å². The number of hydrogen-bond acceptors (Lipinski definition) is 4. The summed E-state index contributed by atoms with van der Waals surface area (Å²) in [5, 5.41) is 2.96. The molecule has 5 heteroatoms. The minimum atomic E-state index is -2.62. The standard InChI is InChI=1S/C16H17OPS3/c1-13-19-12-20-16(21-13)18(17,14-8-4-2-5-9-14)15-10-6-3-7-11-15/h2-11,13,16H,12H2,1H3. The summed E-state index contributed by atoms with van der Waals surface area (Å²) in [5.74, 6) is 0. The molecule has 1 aliphatic heterocycles. The maximum absolute atomic E-state index is 14.1. The third-order valence-electron chi connectivity index (χ3n) is 3.40. The van der Waals surface area contributed by atoms with E-state index in [9.17, 15) is 4.57 Å². The first kappa shape index (κ1) is 15.6. The predicted octanol–water partition coefficient (Wildman–Crippen LogP) is 4.80. The number of benzene rings is 2. The lowest BCUT2D eigenvalue weighted by molar-refractivity contribution is 0.589. The highest BCUT2D eigenvalue weighted by atomic mass is 32.3. The van der Waals surface area contributed by atoms with Crippen LogP contribution in [0.1, 0.15) is 6.92 Å². The summed E-state index contributed by atoms with van der Waals surface area (Å²) in [5.41, 5.74) is 0. The molecule has 0 saturated carbocycles. The Morgan fingerprint density at radius 1 is 0.905 bits per heavy atom. The summed E-state index contributed by atoms with van der Waals surface area (Å²) >= 11 is 5.61. The lowest BCUT2D eigenvalue weighted by Gasteiger charge is -2.32. The highest BCUT2D eigenvalue weighted by molar-refractivity contribution is 8.37. The van der Waals surface area contributed by atoms with Gasteiger partial charge in [0.1, 0.15) is 4.32 Å². The molecule has 1 saturated heterocycles. The molecule has 1 heterocycles. The fraction of sp³-hybridized carbons (Fsp3) is 0.250. The van der Waals surface area contributed by atoms with Gasteiger partial charge in [-0.3, -0.25) is 0 Å². The van der Waals surface area contributed by atoms with Gasteiger partial charge in [-0.05, 0) is 6.92 Å². The maximum atomic E-state index is 14.1. The average Bonchev–Trinajstić information content (AvgIpc) is 2.56. The van der Waals surface area contributed by atoms with E-state index in [0.717, 1.165) is 15.7 Å². The number of hydrogen-bond donors (Lipinski definition) is 0. The lowest BCUT2D eigenvalue weighted by Crippen LogP contribution is -2.24. The normalized spacial score (nSPS) is 22.9. The van der Waals surface area contributed by atoms with E-state index < -0.39 is 7.14 Å². The molecule has 0 radical (unpaired) electrons. The molecule has 2 aromatic carbocycles. The summed E-state index contributed by atoms with van der Waals surface area (Å²) in [7, 11) is -2.62. The average molecular weight is 352 g/mol. The van der Waals surface area contributed by atoms with Crippen LogP contribution in [-0.4, -0.2) is 14.0 Å². The summed E-state index contributed by atoms with van der Waals surface area (Å²) in [6.07, 6.45) is 0. The van der Waals surface area contributed by atoms with Crippen LogP contribution >= 0.6 is 42.4 Å². The van der Waals surface area contributed by atoms with Crippen molar-refractivity contribution in [2.24, 2.45) is 0 Å². The first-order valence-corrected chi connectivity index (χ1v) is 11.6. The minimum Gasteiger partial charge on any atom is -0.312 e. The number of rotatable bonds is 3. The first-order chi connectivity index (χ1) is 10.2. The van der Waals surface area contributed by atoms with Gasteiger partial charge in [0, 0.05) is 20.3 Å². The Balaban J connectivity index is 2.09. The fourth-order valence-electron chi connectivity index (χ4n) is 2.32. The fourth-order valence-corrected chi connectivity index (χ4v) is 13.2. The molecule has 0 N–H and O–H groups in total. The van der Waals surface area contributed by atoms with Gasteiger partial charge in [0.2, 0.25) is 0 Å². The molecular formula is C16H17OPS3. The predicted molar refractivity (Wildman–Crippen MR) is 101 cm³/mol. The zero-order valence-corrected chi connectivity index (χ0v) is 15.1. The Bertz CT molecular complexity index is 589. The van der Waals surface area contributed by atoms with Gasteiger partial charge in [0.25, 0.3) is 0 Å². The third kappa shape index (κ3) is 3.24. The molecular weight excluding hydrogens is 335 g/mol. The van der Waals surface area contributed by atoms with E-state index in [1.165, 1.54) is 0 Å². The minimum absolute atomic E-state index is 0.110. The molecule has 2 aromatic rings. The molecule has 1 nitrogen and oxygen atoms in total. The molecule has 110 valence electrons. The summed E-state index contributed by atoms with van der Waals surface area (Å²) in [6.45, 7) is 2.21.